The normalized spacial score (nSPS) is 24.8. The highest BCUT2D eigenvalue weighted by atomic mass is 19.3. The van der Waals surface area contributed by atoms with Crippen LogP contribution in [0.25, 0.3) is 0 Å². The molecule has 1 aliphatic heterocycles. The first-order valence-corrected chi connectivity index (χ1v) is 6.06. The fourth-order valence-electron chi connectivity index (χ4n) is 1.98. The van der Waals surface area contributed by atoms with Gasteiger partial charge in [-0.2, -0.15) is 8.78 Å². The molecule has 0 bridgehead atoms. The van der Waals surface area contributed by atoms with Gasteiger partial charge in [-0.3, -0.25) is 0 Å². The van der Waals surface area contributed by atoms with Gasteiger partial charge in [0.05, 0.1) is 6.10 Å². The van der Waals surface area contributed by atoms with Gasteiger partial charge in [-0.05, 0) is 18.8 Å². The van der Waals surface area contributed by atoms with Crippen LogP contribution in [0.2, 0.25) is 0 Å². The minimum atomic E-state index is -2.73. The molecule has 0 amide bonds. The van der Waals surface area contributed by atoms with Gasteiger partial charge in [-0.25, -0.2) is 0 Å². The van der Waals surface area contributed by atoms with Crippen LogP contribution >= 0.6 is 0 Å². The van der Waals surface area contributed by atoms with E-state index in [-0.39, 0.29) is 18.2 Å². The molecular weight excluding hydrogens is 244 g/mol. The predicted octanol–water partition coefficient (Wildman–Crippen LogP) is 2.62. The zero-order valence-electron chi connectivity index (χ0n) is 10.4. The van der Waals surface area contributed by atoms with Gasteiger partial charge in [0.25, 0.3) is 5.89 Å². The Morgan fingerprint density at radius 1 is 1.33 bits per heavy atom. The summed E-state index contributed by atoms with van der Waals surface area (Å²) in [5.74, 6) is -0.223. The molecule has 18 heavy (non-hydrogen) atoms. The van der Waals surface area contributed by atoms with Crippen LogP contribution in [0, 0.1) is 5.92 Å². The summed E-state index contributed by atoms with van der Waals surface area (Å²) in [6.45, 7) is 4.83. The number of alkyl halides is 2. The molecule has 0 aromatic carbocycles. The Morgan fingerprint density at radius 3 is 2.72 bits per heavy atom. The number of ether oxygens (including phenoxy) is 1. The molecule has 7 heteroatoms. The molecule has 1 N–H and O–H groups in total. The molecule has 1 aromatic heterocycles. The first kappa shape index (κ1) is 13.2. The van der Waals surface area contributed by atoms with Crippen molar-refractivity contribution in [1.29, 1.82) is 0 Å². The monoisotopic (exact) mass is 261 g/mol. The molecule has 2 rings (SSSR count). The van der Waals surface area contributed by atoms with E-state index in [4.69, 9.17) is 9.15 Å². The maximum Gasteiger partial charge on any atom is 0.315 e. The molecule has 2 atom stereocenters. The SMILES string of the molecule is CC(C)C1CC(Nc2nnc(C(F)F)o2)CCO1. The molecule has 1 saturated heterocycles. The first-order chi connectivity index (χ1) is 8.56. The maximum atomic E-state index is 12.3. The van der Waals surface area contributed by atoms with E-state index in [1.807, 2.05) is 0 Å². The number of aromatic nitrogens is 2. The number of nitrogens with one attached hydrogen (secondary N) is 1. The summed E-state index contributed by atoms with van der Waals surface area (Å²) in [6, 6.07) is 0.178. The number of nitrogens with zero attached hydrogens (tertiary/aromatic N) is 2. The first-order valence-electron chi connectivity index (χ1n) is 6.06. The largest absolute Gasteiger partial charge is 0.402 e. The maximum absolute atomic E-state index is 12.3. The minimum Gasteiger partial charge on any atom is -0.402 e. The van der Waals surface area contributed by atoms with Gasteiger partial charge in [0.1, 0.15) is 0 Å². The molecule has 1 aromatic rings. The highest BCUT2D eigenvalue weighted by molar-refractivity contribution is 5.20. The second-order valence-corrected chi connectivity index (χ2v) is 4.77. The Hall–Kier alpha value is -1.24. The van der Waals surface area contributed by atoms with Gasteiger partial charge in [0, 0.05) is 12.6 Å². The van der Waals surface area contributed by atoms with E-state index in [0.29, 0.717) is 12.5 Å². The van der Waals surface area contributed by atoms with E-state index >= 15 is 0 Å². The lowest BCUT2D eigenvalue weighted by molar-refractivity contribution is -0.0163. The van der Waals surface area contributed by atoms with Gasteiger partial charge in [-0.1, -0.05) is 18.9 Å². The summed E-state index contributed by atoms with van der Waals surface area (Å²) < 4.78 is 35.0. The van der Waals surface area contributed by atoms with Crippen molar-refractivity contribution in [3.8, 4) is 0 Å². The van der Waals surface area contributed by atoms with Crippen LogP contribution in [-0.2, 0) is 4.74 Å². The summed E-state index contributed by atoms with van der Waals surface area (Å²) in [5.41, 5.74) is 0. The molecule has 0 aliphatic carbocycles. The van der Waals surface area contributed by atoms with E-state index in [1.165, 1.54) is 0 Å². The Balaban J connectivity index is 1.92. The standard InChI is InChI=1S/C11H17F2N3O2/c1-6(2)8-5-7(3-4-17-8)14-11-16-15-10(18-11)9(12)13/h6-9H,3-5H2,1-2H3,(H,14,16). The number of halogens is 2. The third kappa shape index (κ3) is 3.16. The second kappa shape index (κ2) is 5.60. The lowest BCUT2D eigenvalue weighted by Gasteiger charge is -2.31. The average Bonchev–Trinajstić information content (AvgIpc) is 2.78. The van der Waals surface area contributed by atoms with E-state index < -0.39 is 12.3 Å². The highest BCUT2D eigenvalue weighted by Gasteiger charge is 2.26. The van der Waals surface area contributed by atoms with Crippen LogP contribution < -0.4 is 5.32 Å². The van der Waals surface area contributed by atoms with Crippen molar-refractivity contribution in [1.82, 2.24) is 10.2 Å². The molecule has 102 valence electrons. The van der Waals surface area contributed by atoms with Crippen molar-refractivity contribution in [3.63, 3.8) is 0 Å². The van der Waals surface area contributed by atoms with Crippen LogP contribution in [0.3, 0.4) is 0 Å². The summed E-state index contributed by atoms with van der Waals surface area (Å²) in [6.07, 6.45) is -0.945. The number of anilines is 1. The highest BCUT2D eigenvalue weighted by Crippen LogP contribution is 2.24. The molecule has 2 unspecified atom stereocenters. The quantitative estimate of drug-likeness (QED) is 0.902. The Morgan fingerprint density at radius 2 is 2.11 bits per heavy atom. The summed E-state index contributed by atoms with van der Waals surface area (Å²) >= 11 is 0. The average molecular weight is 261 g/mol. The molecule has 1 aliphatic rings. The molecule has 5 nitrogen and oxygen atoms in total. The van der Waals surface area contributed by atoms with Crippen molar-refractivity contribution >= 4 is 6.01 Å². The molecule has 0 spiro atoms. The van der Waals surface area contributed by atoms with Crippen molar-refractivity contribution in [2.45, 2.75) is 45.3 Å². The van der Waals surface area contributed by atoms with Crippen LogP contribution in [0.5, 0.6) is 0 Å². The zero-order valence-corrected chi connectivity index (χ0v) is 10.4. The zero-order chi connectivity index (χ0) is 13.1. The third-order valence-corrected chi connectivity index (χ3v) is 3.01. The van der Waals surface area contributed by atoms with Crippen molar-refractivity contribution < 1.29 is 17.9 Å². The fraction of sp³-hybridized carbons (Fsp3) is 0.818. The molecular formula is C11H17F2N3O2. The number of hydrogen-bond acceptors (Lipinski definition) is 5. The minimum absolute atomic E-state index is 0.0553. The van der Waals surface area contributed by atoms with Crippen molar-refractivity contribution in [3.05, 3.63) is 5.89 Å². The lowest BCUT2D eigenvalue weighted by Crippen LogP contribution is -2.36. The van der Waals surface area contributed by atoms with E-state index in [2.05, 4.69) is 29.4 Å². The van der Waals surface area contributed by atoms with Gasteiger partial charge in [-0.15, -0.1) is 5.10 Å². The van der Waals surface area contributed by atoms with Crippen LogP contribution in [0.4, 0.5) is 14.8 Å². The van der Waals surface area contributed by atoms with E-state index in [0.717, 1.165) is 12.8 Å². The summed E-state index contributed by atoms with van der Waals surface area (Å²) in [5, 5.41) is 9.82. The smallest absolute Gasteiger partial charge is 0.315 e. The van der Waals surface area contributed by atoms with Gasteiger partial charge in [0.15, 0.2) is 0 Å². The predicted molar refractivity (Wildman–Crippen MR) is 60.5 cm³/mol. The van der Waals surface area contributed by atoms with Crippen LogP contribution in [0.1, 0.15) is 39.0 Å². The Bertz CT molecular complexity index is 384. The number of hydrogen-bond donors (Lipinski definition) is 1. The second-order valence-electron chi connectivity index (χ2n) is 4.77. The van der Waals surface area contributed by atoms with Crippen molar-refractivity contribution in [2.24, 2.45) is 5.92 Å². The lowest BCUT2D eigenvalue weighted by atomic mass is 9.95. The van der Waals surface area contributed by atoms with Crippen LogP contribution in [-0.4, -0.2) is 29.0 Å². The molecule has 0 saturated carbocycles. The van der Waals surface area contributed by atoms with Gasteiger partial charge >= 0.3 is 12.4 Å². The van der Waals surface area contributed by atoms with Crippen molar-refractivity contribution in [2.75, 3.05) is 11.9 Å². The fourth-order valence-corrected chi connectivity index (χ4v) is 1.98. The van der Waals surface area contributed by atoms with Crippen LogP contribution in [0.15, 0.2) is 4.42 Å². The van der Waals surface area contributed by atoms with E-state index in [9.17, 15) is 8.78 Å². The van der Waals surface area contributed by atoms with Gasteiger partial charge in [0.2, 0.25) is 0 Å². The topological polar surface area (TPSA) is 60.2 Å². The Kier molecular flexibility index (Phi) is 4.11. The molecule has 1 fully saturated rings. The van der Waals surface area contributed by atoms with E-state index in [1.54, 1.807) is 0 Å². The third-order valence-electron chi connectivity index (χ3n) is 3.01. The molecule has 2 heterocycles. The Labute approximate surface area is 104 Å². The summed E-state index contributed by atoms with van der Waals surface area (Å²) in [4.78, 5) is 0. The summed E-state index contributed by atoms with van der Waals surface area (Å²) in [7, 11) is 0. The number of rotatable bonds is 4. The molecule has 0 radical (unpaired) electrons. The van der Waals surface area contributed by atoms with Gasteiger partial charge < -0.3 is 14.5 Å².